The maximum Gasteiger partial charge on any atom is 0.269 e. The molecule has 9 nitrogen and oxygen atoms in total. The van der Waals surface area contributed by atoms with E-state index in [2.05, 4.69) is 32.1 Å². The van der Waals surface area contributed by atoms with Crippen LogP contribution in [0.25, 0.3) is 0 Å². The van der Waals surface area contributed by atoms with Crippen LogP contribution in [0.5, 0.6) is 5.75 Å². The Bertz CT molecular complexity index is 904. The summed E-state index contributed by atoms with van der Waals surface area (Å²) in [6, 6.07) is 9.89. The van der Waals surface area contributed by atoms with Crippen LogP contribution in [0.2, 0.25) is 0 Å². The van der Waals surface area contributed by atoms with Crippen LogP contribution in [0, 0.1) is 10.1 Å². The summed E-state index contributed by atoms with van der Waals surface area (Å²) in [4.78, 5) is 34.3. The number of carbonyl (C=O) groups excluding carboxylic acids is 2. The molecule has 140 valence electrons. The van der Waals surface area contributed by atoms with E-state index in [0.29, 0.717) is 10.2 Å². The first kappa shape index (κ1) is 20.3. The number of thiocarbonyl (C=S) groups is 1. The molecule has 0 aliphatic carbocycles. The van der Waals surface area contributed by atoms with Gasteiger partial charge in [0.2, 0.25) is 0 Å². The number of nitro groups is 1. The highest BCUT2D eigenvalue weighted by molar-refractivity contribution is 9.10. The van der Waals surface area contributed by atoms with Crippen molar-refractivity contribution in [1.82, 2.24) is 16.2 Å². The summed E-state index contributed by atoms with van der Waals surface area (Å²) in [6.45, 7) is 0. The Balaban J connectivity index is 1.94. The van der Waals surface area contributed by atoms with Crippen LogP contribution in [-0.2, 0) is 0 Å². The number of nitro benzene ring substituents is 1. The van der Waals surface area contributed by atoms with Gasteiger partial charge in [-0.05, 0) is 42.5 Å². The second-order valence-corrected chi connectivity index (χ2v) is 6.33. The summed E-state index contributed by atoms with van der Waals surface area (Å²) < 4.78 is 5.80. The van der Waals surface area contributed by atoms with Crippen molar-refractivity contribution in [2.45, 2.75) is 0 Å². The van der Waals surface area contributed by atoms with Gasteiger partial charge in [-0.25, -0.2) is 0 Å². The number of ether oxygens (including phenoxy) is 1. The monoisotopic (exact) mass is 452 g/mol. The lowest BCUT2D eigenvalue weighted by atomic mass is 10.2. The minimum atomic E-state index is -0.582. The maximum absolute atomic E-state index is 12.3. The molecular weight excluding hydrogens is 440 g/mol. The van der Waals surface area contributed by atoms with E-state index >= 15 is 0 Å². The molecule has 0 saturated heterocycles. The van der Waals surface area contributed by atoms with Crippen LogP contribution in [0.15, 0.2) is 46.9 Å². The molecule has 0 unspecified atom stereocenters. The Hall–Kier alpha value is -3.05. The van der Waals surface area contributed by atoms with E-state index in [-0.39, 0.29) is 21.9 Å². The Morgan fingerprint density at radius 1 is 1.11 bits per heavy atom. The van der Waals surface area contributed by atoms with Crippen molar-refractivity contribution in [3.05, 3.63) is 68.2 Å². The molecule has 2 amide bonds. The molecule has 0 bridgehead atoms. The molecule has 2 aromatic rings. The third-order valence-electron chi connectivity index (χ3n) is 3.26. The topological polar surface area (TPSA) is 123 Å². The molecule has 0 aromatic heterocycles. The fraction of sp³-hybridized carbons (Fsp3) is 0.0625. The molecule has 2 aromatic carbocycles. The van der Waals surface area contributed by atoms with Crippen molar-refractivity contribution in [1.29, 1.82) is 0 Å². The first-order chi connectivity index (χ1) is 12.8. The number of benzene rings is 2. The predicted octanol–water partition coefficient (Wildman–Crippen LogP) is 2.32. The SMILES string of the molecule is COc1ccc(Br)cc1C(=O)NC(=S)NNC(=O)c1ccc([N+](=O)[O-])cc1. The van der Waals surface area contributed by atoms with E-state index in [1.165, 1.54) is 31.4 Å². The van der Waals surface area contributed by atoms with Gasteiger partial charge in [-0.15, -0.1) is 0 Å². The predicted molar refractivity (Wildman–Crippen MR) is 104 cm³/mol. The third kappa shape index (κ3) is 5.46. The van der Waals surface area contributed by atoms with Gasteiger partial charge in [0.25, 0.3) is 17.5 Å². The fourth-order valence-electron chi connectivity index (χ4n) is 1.98. The highest BCUT2D eigenvalue weighted by Gasteiger charge is 2.15. The number of nitrogens with zero attached hydrogens (tertiary/aromatic N) is 1. The lowest BCUT2D eigenvalue weighted by Gasteiger charge is -2.12. The quantitative estimate of drug-likeness (QED) is 0.369. The standard InChI is InChI=1S/C16H13BrN4O5S/c1-26-13-7-4-10(17)8-12(13)15(23)18-16(27)20-19-14(22)9-2-5-11(6-3-9)21(24)25/h2-8H,1H3,(H,19,22)(H2,18,20,23,27). The lowest BCUT2D eigenvalue weighted by molar-refractivity contribution is -0.384. The number of hydrogen-bond donors (Lipinski definition) is 3. The summed E-state index contributed by atoms with van der Waals surface area (Å²) in [7, 11) is 1.43. The lowest BCUT2D eigenvalue weighted by Crippen LogP contribution is -2.48. The van der Waals surface area contributed by atoms with Crippen LogP contribution in [0.1, 0.15) is 20.7 Å². The van der Waals surface area contributed by atoms with Crippen molar-refractivity contribution in [3.63, 3.8) is 0 Å². The van der Waals surface area contributed by atoms with E-state index in [9.17, 15) is 19.7 Å². The third-order valence-corrected chi connectivity index (χ3v) is 3.96. The molecule has 2 rings (SSSR count). The Morgan fingerprint density at radius 2 is 1.78 bits per heavy atom. The van der Waals surface area contributed by atoms with Crippen molar-refractivity contribution in [3.8, 4) is 5.75 Å². The number of non-ortho nitro benzene ring substituents is 1. The molecule has 0 aliphatic heterocycles. The van der Waals surface area contributed by atoms with Gasteiger partial charge in [-0.2, -0.15) is 0 Å². The van der Waals surface area contributed by atoms with E-state index in [4.69, 9.17) is 17.0 Å². The smallest absolute Gasteiger partial charge is 0.269 e. The average Bonchev–Trinajstić information content (AvgIpc) is 2.66. The van der Waals surface area contributed by atoms with Crippen LogP contribution in [-0.4, -0.2) is 29.0 Å². The number of amides is 2. The van der Waals surface area contributed by atoms with Crippen molar-refractivity contribution in [2.24, 2.45) is 0 Å². The van der Waals surface area contributed by atoms with Gasteiger partial charge in [0.1, 0.15) is 5.75 Å². The minimum absolute atomic E-state index is 0.134. The highest BCUT2D eigenvalue weighted by atomic mass is 79.9. The van der Waals surface area contributed by atoms with Crippen LogP contribution < -0.4 is 20.9 Å². The summed E-state index contributed by atoms with van der Waals surface area (Å²) in [5.41, 5.74) is 4.96. The summed E-state index contributed by atoms with van der Waals surface area (Å²) in [5.74, 6) is -0.759. The Kier molecular flexibility index (Phi) is 6.79. The van der Waals surface area contributed by atoms with E-state index < -0.39 is 16.7 Å². The number of hydrogen-bond acceptors (Lipinski definition) is 6. The number of hydrazine groups is 1. The number of rotatable bonds is 4. The zero-order valence-corrected chi connectivity index (χ0v) is 16.2. The minimum Gasteiger partial charge on any atom is -0.496 e. The van der Waals surface area contributed by atoms with Crippen LogP contribution in [0.4, 0.5) is 5.69 Å². The number of carbonyl (C=O) groups is 2. The molecule has 0 aliphatic rings. The van der Waals surface area contributed by atoms with Crippen molar-refractivity contribution < 1.29 is 19.2 Å². The van der Waals surface area contributed by atoms with Gasteiger partial charge in [0, 0.05) is 22.2 Å². The van der Waals surface area contributed by atoms with Gasteiger partial charge in [0.15, 0.2) is 5.11 Å². The van der Waals surface area contributed by atoms with Gasteiger partial charge in [-0.1, -0.05) is 15.9 Å². The number of methoxy groups -OCH3 is 1. The molecule has 0 fully saturated rings. The summed E-state index contributed by atoms with van der Waals surface area (Å²) in [5, 5.41) is 12.9. The highest BCUT2D eigenvalue weighted by Crippen LogP contribution is 2.22. The van der Waals surface area contributed by atoms with Crippen LogP contribution >= 0.6 is 28.1 Å². The van der Waals surface area contributed by atoms with Crippen LogP contribution in [0.3, 0.4) is 0 Å². The molecule has 0 radical (unpaired) electrons. The molecule has 0 saturated carbocycles. The molecule has 0 atom stereocenters. The number of nitrogens with one attached hydrogen (secondary N) is 3. The Labute approximate surface area is 167 Å². The van der Waals surface area contributed by atoms with Gasteiger partial charge < -0.3 is 4.74 Å². The van der Waals surface area contributed by atoms with Crippen molar-refractivity contribution in [2.75, 3.05) is 7.11 Å². The molecule has 3 N–H and O–H groups in total. The second-order valence-electron chi connectivity index (χ2n) is 5.01. The zero-order chi connectivity index (χ0) is 20.0. The molecule has 11 heteroatoms. The summed E-state index contributed by atoms with van der Waals surface area (Å²) in [6.07, 6.45) is 0. The van der Waals surface area contributed by atoms with Gasteiger partial charge in [0.05, 0.1) is 17.6 Å². The normalized spacial score (nSPS) is 9.85. The molecule has 0 spiro atoms. The average molecular weight is 453 g/mol. The first-order valence-electron chi connectivity index (χ1n) is 7.31. The Morgan fingerprint density at radius 3 is 2.37 bits per heavy atom. The molecule has 0 heterocycles. The largest absolute Gasteiger partial charge is 0.496 e. The van der Waals surface area contributed by atoms with Gasteiger partial charge in [-0.3, -0.25) is 35.9 Å². The van der Waals surface area contributed by atoms with Crippen molar-refractivity contribution >= 4 is 50.8 Å². The molecule has 27 heavy (non-hydrogen) atoms. The molecular formula is C16H13BrN4O5S. The first-order valence-corrected chi connectivity index (χ1v) is 8.51. The zero-order valence-electron chi connectivity index (χ0n) is 13.8. The summed E-state index contributed by atoms with van der Waals surface area (Å²) >= 11 is 8.23. The van der Waals surface area contributed by atoms with E-state index in [0.717, 1.165) is 0 Å². The van der Waals surface area contributed by atoms with E-state index in [1.807, 2.05) is 0 Å². The maximum atomic E-state index is 12.3. The fourth-order valence-corrected chi connectivity index (χ4v) is 2.48. The number of halogens is 1. The van der Waals surface area contributed by atoms with E-state index in [1.54, 1.807) is 18.2 Å². The van der Waals surface area contributed by atoms with Gasteiger partial charge >= 0.3 is 0 Å². The second kappa shape index (κ2) is 9.05.